The second-order valence-corrected chi connectivity index (χ2v) is 8.10. The number of nitrogens with zero attached hydrogens (tertiary/aromatic N) is 2. The van der Waals surface area contributed by atoms with E-state index in [0.29, 0.717) is 26.1 Å². The summed E-state index contributed by atoms with van der Waals surface area (Å²) in [4.78, 5) is 27.6. The van der Waals surface area contributed by atoms with E-state index >= 15 is 0 Å². The lowest BCUT2D eigenvalue weighted by atomic mass is 9.98. The summed E-state index contributed by atoms with van der Waals surface area (Å²) in [7, 11) is 0. The number of carbonyl (C=O) groups is 2. The van der Waals surface area contributed by atoms with Crippen LogP contribution in [0.4, 0.5) is 4.79 Å². The summed E-state index contributed by atoms with van der Waals surface area (Å²) in [6, 6.07) is 16.3. The van der Waals surface area contributed by atoms with Gasteiger partial charge in [0.25, 0.3) is 0 Å². The molecule has 29 heavy (non-hydrogen) atoms. The summed E-state index contributed by atoms with van der Waals surface area (Å²) in [6.07, 6.45) is 1.28. The van der Waals surface area contributed by atoms with E-state index in [9.17, 15) is 14.7 Å². The Hall–Kier alpha value is -2.86. The summed E-state index contributed by atoms with van der Waals surface area (Å²) in [5.41, 5.74) is 4.82. The molecule has 3 aliphatic rings. The zero-order chi connectivity index (χ0) is 20.0. The standard InChI is InChI=1S/C23H24N2O4/c26-22(27)21-10-5-11-25(21)15-12-24(13-15)23(28)29-14-20-18-8-3-1-6-16(18)17-7-2-4-9-19(17)20/h1-4,6-9,15,20-21H,5,10-14H2,(H,26,27)/t21-/m0/s1. The zero-order valence-corrected chi connectivity index (χ0v) is 16.2. The number of aliphatic carboxylic acids is 1. The second-order valence-electron chi connectivity index (χ2n) is 8.10. The van der Waals surface area contributed by atoms with Gasteiger partial charge in [-0.15, -0.1) is 0 Å². The average molecular weight is 392 g/mol. The van der Waals surface area contributed by atoms with Crippen LogP contribution in [0.1, 0.15) is 29.9 Å². The number of carboxylic acids is 1. The Labute approximate surface area is 169 Å². The van der Waals surface area contributed by atoms with Crippen molar-refractivity contribution < 1.29 is 19.4 Å². The van der Waals surface area contributed by atoms with Gasteiger partial charge >= 0.3 is 12.1 Å². The number of hydrogen-bond donors (Lipinski definition) is 1. The molecule has 6 nitrogen and oxygen atoms in total. The number of fused-ring (bicyclic) bond motifs is 3. The molecular weight excluding hydrogens is 368 g/mol. The Bertz CT molecular complexity index is 908. The molecule has 0 unspecified atom stereocenters. The maximum atomic E-state index is 12.6. The van der Waals surface area contributed by atoms with Crippen LogP contribution < -0.4 is 0 Å². The normalized spacial score (nSPS) is 21.5. The molecule has 0 saturated carbocycles. The summed E-state index contributed by atoms with van der Waals surface area (Å²) >= 11 is 0. The molecule has 1 N–H and O–H groups in total. The molecular formula is C23H24N2O4. The predicted molar refractivity (Wildman–Crippen MR) is 108 cm³/mol. The molecule has 5 rings (SSSR count). The van der Waals surface area contributed by atoms with Crippen molar-refractivity contribution in [2.24, 2.45) is 0 Å². The molecule has 1 atom stereocenters. The van der Waals surface area contributed by atoms with E-state index in [1.165, 1.54) is 22.3 Å². The van der Waals surface area contributed by atoms with Crippen LogP contribution in [0.5, 0.6) is 0 Å². The van der Waals surface area contributed by atoms with Crippen LogP contribution in [-0.2, 0) is 9.53 Å². The molecule has 150 valence electrons. The minimum Gasteiger partial charge on any atom is -0.480 e. The fraction of sp³-hybridized carbons (Fsp3) is 0.391. The highest BCUT2D eigenvalue weighted by atomic mass is 16.6. The summed E-state index contributed by atoms with van der Waals surface area (Å²) < 4.78 is 5.68. The molecule has 0 spiro atoms. The lowest BCUT2D eigenvalue weighted by molar-refractivity contribution is -0.144. The number of likely N-dealkylation sites (tertiary alicyclic amines) is 2. The molecule has 1 amide bonds. The molecule has 0 radical (unpaired) electrons. The van der Waals surface area contributed by atoms with Crippen LogP contribution in [0.2, 0.25) is 0 Å². The minimum absolute atomic E-state index is 0.0541. The Morgan fingerprint density at radius 2 is 1.62 bits per heavy atom. The third-order valence-electron chi connectivity index (χ3n) is 6.50. The van der Waals surface area contributed by atoms with Gasteiger partial charge in [-0.25, -0.2) is 4.79 Å². The Morgan fingerprint density at radius 3 is 2.24 bits per heavy atom. The molecule has 2 aromatic rings. The van der Waals surface area contributed by atoms with Gasteiger partial charge in [0.15, 0.2) is 0 Å². The first kappa shape index (κ1) is 18.2. The Kier molecular flexibility index (Phi) is 4.51. The van der Waals surface area contributed by atoms with Gasteiger partial charge in [0.2, 0.25) is 0 Å². The molecule has 2 aliphatic heterocycles. The zero-order valence-electron chi connectivity index (χ0n) is 16.2. The van der Waals surface area contributed by atoms with Crippen molar-refractivity contribution in [3.8, 4) is 11.1 Å². The van der Waals surface area contributed by atoms with E-state index in [1.54, 1.807) is 4.90 Å². The van der Waals surface area contributed by atoms with Gasteiger partial charge in [0.05, 0.1) is 0 Å². The summed E-state index contributed by atoms with van der Waals surface area (Å²) in [5, 5.41) is 9.35. The van der Waals surface area contributed by atoms with Gasteiger partial charge in [0, 0.05) is 25.0 Å². The van der Waals surface area contributed by atoms with Gasteiger partial charge in [-0.3, -0.25) is 9.69 Å². The van der Waals surface area contributed by atoms with Gasteiger partial charge in [-0.2, -0.15) is 0 Å². The largest absolute Gasteiger partial charge is 0.480 e. The van der Waals surface area contributed by atoms with Crippen LogP contribution in [-0.4, -0.2) is 65.3 Å². The van der Waals surface area contributed by atoms with Crippen molar-refractivity contribution in [1.82, 2.24) is 9.80 Å². The Balaban J connectivity index is 1.21. The SMILES string of the molecule is O=C(O)[C@@H]1CCCN1C1CN(C(=O)OCC2c3ccccc3-c3ccccc32)C1. The molecule has 2 aromatic carbocycles. The molecule has 1 aliphatic carbocycles. The number of rotatable bonds is 4. The first-order valence-electron chi connectivity index (χ1n) is 10.2. The van der Waals surface area contributed by atoms with Crippen LogP contribution in [0.3, 0.4) is 0 Å². The van der Waals surface area contributed by atoms with Gasteiger partial charge in [0.1, 0.15) is 12.6 Å². The van der Waals surface area contributed by atoms with Crippen molar-refractivity contribution in [1.29, 1.82) is 0 Å². The number of carboxylic acid groups (broad SMARTS) is 1. The fourth-order valence-electron chi connectivity index (χ4n) is 4.99. The van der Waals surface area contributed by atoms with Crippen molar-refractivity contribution in [2.45, 2.75) is 30.8 Å². The molecule has 2 saturated heterocycles. The number of benzene rings is 2. The average Bonchev–Trinajstić information content (AvgIpc) is 3.29. The lowest BCUT2D eigenvalue weighted by Gasteiger charge is -2.44. The number of amides is 1. The first-order chi connectivity index (χ1) is 14.1. The molecule has 0 aromatic heterocycles. The van der Waals surface area contributed by atoms with Crippen molar-refractivity contribution >= 4 is 12.1 Å². The third kappa shape index (κ3) is 3.08. The highest BCUT2D eigenvalue weighted by molar-refractivity contribution is 5.79. The van der Waals surface area contributed by atoms with Gasteiger partial charge in [-0.05, 0) is 41.6 Å². The number of carbonyl (C=O) groups excluding carboxylic acids is 1. The maximum Gasteiger partial charge on any atom is 0.409 e. The van der Waals surface area contributed by atoms with E-state index in [4.69, 9.17) is 4.74 Å². The Morgan fingerprint density at radius 1 is 1.00 bits per heavy atom. The fourth-order valence-corrected chi connectivity index (χ4v) is 4.99. The smallest absolute Gasteiger partial charge is 0.409 e. The topological polar surface area (TPSA) is 70.1 Å². The van der Waals surface area contributed by atoms with E-state index in [1.807, 2.05) is 29.2 Å². The van der Waals surface area contributed by atoms with Crippen LogP contribution >= 0.6 is 0 Å². The van der Waals surface area contributed by atoms with E-state index in [0.717, 1.165) is 13.0 Å². The number of ether oxygens (including phenoxy) is 1. The summed E-state index contributed by atoms with van der Waals surface area (Å²) in [5.74, 6) is -0.708. The highest BCUT2D eigenvalue weighted by Gasteiger charge is 2.43. The van der Waals surface area contributed by atoms with Crippen molar-refractivity contribution in [3.05, 3.63) is 59.7 Å². The van der Waals surface area contributed by atoms with Crippen LogP contribution in [0, 0.1) is 0 Å². The third-order valence-corrected chi connectivity index (χ3v) is 6.50. The van der Waals surface area contributed by atoms with Crippen LogP contribution in [0.15, 0.2) is 48.5 Å². The van der Waals surface area contributed by atoms with E-state index < -0.39 is 12.0 Å². The van der Waals surface area contributed by atoms with E-state index in [-0.39, 0.29) is 18.1 Å². The lowest BCUT2D eigenvalue weighted by Crippen LogP contribution is -2.62. The predicted octanol–water partition coefficient (Wildman–Crippen LogP) is 3.17. The first-order valence-corrected chi connectivity index (χ1v) is 10.2. The minimum atomic E-state index is -0.762. The number of hydrogen-bond acceptors (Lipinski definition) is 4. The molecule has 2 fully saturated rings. The molecule has 6 heteroatoms. The maximum absolute atomic E-state index is 12.6. The van der Waals surface area contributed by atoms with Gasteiger partial charge < -0.3 is 14.7 Å². The highest BCUT2D eigenvalue weighted by Crippen LogP contribution is 2.44. The van der Waals surface area contributed by atoms with Crippen LogP contribution in [0.25, 0.3) is 11.1 Å². The van der Waals surface area contributed by atoms with Crippen molar-refractivity contribution in [3.63, 3.8) is 0 Å². The summed E-state index contributed by atoms with van der Waals surface area (Å²) in [6.45, 7) is 2.19. The molecule has 2 heterocycles. The second kappa shape index (κ2) is 7.19. The van der Waals surface area contributed by atoms with Gasteiger partial charge in [-0.1, -0.05) is 48.5 Å². The van der Waals surface area contributed by atoms with E-state index in [2.05, 4.69) is 24.3 Å². The quantitative estimate of drug-likeness (QED) is 0.866. The molecule has 0 bridgehead atoms. The van der Waals surface area contributed by atoms with Crippen molar-refractivity contribution in [2.75, 3.05) is 26.2 Å². The monoisotopic (exact) mass is 392 g/mol.